The minimum Gasteiger partial charge on any atom is -0.480 e. The van der Waals surface area contributed by atoms with E-state index < -0.39 is 5.97 Å². The third-order valence-electron chi connectivity index (χ3n) is 2.60. The quantitative estimate of drug-likeness (QED) is 0.849. The third-order valence-corrected chi connectivity index (χ3v) is 2.60. The summed E-state index contributed by atoms with van der Waals surface area (Å²) in [6.07, 6.45) is 0. The molecule has 0 aliphatic rings. The number of nitrogens with zero attached hydrogens (tertiary/aromatic N) is 1. The number of aromatic nitrogens is 1. The van der Waals surface area contributed by atoms with Crippen LogP contribution in [0.25, 0.3) is 10.9 Å². The Bertz CT molecular complexity index is 579. The minimum atomic E-state index is -0.875. The van der Waals surface area contributed by atoms with Crippen LogP contribution in [0.4, 0.5) is 5.69 Å². The van der Waals surface area contributed by atoms with Gasteiger partial charge in [0, 0.05) is 16.8 Å². The van der Waals surface area contributed by atoms with E-state index in [2.05, 4.69) is 10.3 Å². The monoisotopic (exact) mass is 230 g/mol. The molecule has 0 aliphatic carbocycles. The van der Waals surface area contributed by atoms with Crippen LogP contribution >= 0.6 is 0 Å². The molecule has 0 spiro atoms. The summed E-state index contributed by atoms with van der Waals surface area (Å²) in [5, 5.41) is 12.6. The van der Waals surface area contributed by atoms with E-state index in [-0.39, 0.29) is 6.54 Å². The van der Waals surface area contributed by atoms with Crippen molar-refractivity contribution < 1.29 is 9.90 Å². The molecule has 0 saturated carbocycles. The van der Waals surface area contributed by atoms with E-state index in [0.29, 0.717) is 0 Å². The van der Waals surface area contributed by atoms with Gasteiger partial charge in [0.25, 0.3) is 0 Å². The van der Waals surface area contributed by atoms with Gasteiger partial charge in [-0.25, -0.2) is 0 Å². The number of para-hydroxylation sites is 1. The number of carboxylic acids is 1. The fourth-order valence-corrected chi connectivity index (χ4v) is 1.84. The fourth-order valence-electron chi connectivity index (χ4n) is 1.84. The Morgan fingerprint density at radius 2 is 2.18 bits per heavy atom. The molecule has 4 heteroatoms. The molecule has 1 aromatic heterocycles. The zero-order valence-electron chi connectivity index (χ0n) is 9.82. The largest absolute Gasteiger partial charge is 0.480 e. The molecule has 0 aliphatic heterocycles. The van der Waals surface area contributed by atoms with Crippen LogP contribution in [0.1, 0.15) is 11.3 Å². The normalized spacial score (nSPS) is 10.5. The summed E-state index contributed by atoms with van der Waals surface area (Å²) >= 11 is 0. The second-order valence-electron chi connectivity index (χ2n) is 4.03. The SMILES string of the molecule is Cc1cc(NCC(=O)O)c2cccc(C)c2n1. The predicted molar refractivity (Wildman–Crippen MR) is 67.3 cm³/mol. The molecule has 0 fully saturated rings. The van der Waals surface area contributed by atoms with Crippen LogP contribution in [0.3, 0.4) is 0 Å². The Morgan fingerprint density at radius 3 is 2.88 bits per heavy atom. The molecule has 1 heterocycles. The lowest BCUT2D eigenvalue weighted by atomic mass is 10.1. The van der Waals surface area contributed by atoms with Gasteiger partial charge in [0.1, 0.15) is 6.54 Å². The molecule has 0 amide bonds. The molecular weight excluding hydrogens is 216 g/mol. The zero-order chi connectivity index (χ0) is 12.4. The first-order chi connectivity index (χ1) is 8.08. The van der Waals surface area contributed by atoms with E-state index in [1.165, 1.54) is 0 Å². The van der Waals surface area contributed by atoms with Crippen molar-refractivity contribution in [3.05, 3.63) is 35.5 Å². The molecule has 2 aromatic rings. The van der Waals surface area contributed by atoms with E-state index in [4.69, 9.17) is 5.11 Å². The number of benzene rings is 1. The predicted octanol–water partition coefficient (Wildman–Crippen LogP) is 2.35. The lowest BCUT2D eigenvalue weighted by Gasteiger charge is -2.10. The van der Waals surface area contributed by atoms with Crippen LogP contribution in [0, 0.1) is 13.8 Å². The molecule has 0 radical (unpaired) electrons. The summed E-state index contributed by atoms with van der Waals surface area (Å²) in [4.78, 5) is 15.1. The highest BCUT2D eigenvalue weighted by Crippen LogP contribution is 2.25. The molecule has 2 rings (SSSR count). The number of nitrogens with one attached hydrogen (secondary N) is 1. The van der Waals surface area contributed by atoms with Crippen LogP contribution in [-0.2, 0) is 4.79 Å². The summed E-state index contributed by atoms with van der Waals surface area (Å²) in [7, 11) is 0. The standard InChI is InChI=1S/C13H14N2O2/c1-8-4-3-5-10-11(14-7-12(16)17)6-9(2)15-13(8)10/h3-6H,7H2,1-2H3,(H,14,15)(H,16,17). The van der Waals surface area contributed by atoms with Gasteiger partial charge in [0.05, 0.1) is 5.52 Å². The molecule has 88 valence electrons. The summed E-state index contributed by atoms with van der Waals surface area (Å²) in [5.41, 5.74) is 3.70. The van der Waals surface area contributed by atoms with Gasteiger partial charge in [-0.15, -0.1) is 0 Å². The Balaban J connectivity index is 2.54. The van der Waals surface area contributed by atoms with Crippen LogP contribution in [0.5, 0.6) is 0 Å². The number of hydrogen-bond acceptors (Lipinski definition) is 3. The van der Waals surface area contributed by atoms with Gasteiger partial charge in [0.15, 0.2) is 0 Å². The average molecular weight is 230 g/mol. The van der Waals surface area contributed by atoms with Crippen molar-refractivity contribution in [1.29, 1.82) is 0 Å². The molecule has 0 saturated heterocycles. The molecule has 0 unspecified atom stereocenters. The number of carboxylic acid groups (broad SMARTS) is 1. The van der Waals surface area contributed by atoms with E-state index in [1.807, 2.05) is 38.1 Å². The van der Waals surface area contributed by atoms with E-state index in [9.17, 15) is 4.79 Å². The lowest BCUT2D eigenvalue weighted by molar-refractivity contribution is -0.134. The number of rotatable bonds is 3. The number of pyridine rings is 1. The first kappa shape index (κ1) is 11.4. The third kappa shape index (κ3) is 2.36. The van der Waals surface area contributed by atoms with Gasteiger partial charge < -0.3 is 10.4 Å². The number of carbonyl (C=O) groups is 1. The van der Waals surface area contributed by atoms with Crippen molar-refractivity contribution in [3.8, 4) is 0 Å². The van der Waals surface area contributed by atoms with Crippen molar-refractivity contribution in [2.45, 2.75) is 13.8 Å². The Hall–Kier alpha value is -2.10. The number of anilines is 1. The van der Waals surface area contributed by atoms with Crippen LogP contribution in [0.15, 0.2) is 24.3 Å². The second-order valence-corrected chi connectivity index (χ2v) is 4.03. The number of aryl methyl sites for hydroxylation is 2. The molecule has 0 atom stereocenters. The van der Waals surface area contributed by atoms with Crippen molar-refractivity contribution >= 4 is 22.6 Å². The molecule has 17 heavy (non-hydrogen) atoms. The summed E-state index contributed by atoms with van der Waals surface area (Å²) in [6.45, 7) is 3.81. The van der Waals surface area contributed by atoms with E-state index in [0.717, 1.165) is 27.8 Å². The van der Waals surface area contributed by atoms with Gasteiger partial charge in [-0.3, -0.25) is 9.78 Å². The van der Waals surface area contributed by atoms with Crippen molar-refractivity contribution in [3.63, 3.8) is 0 Å². The average Bonchev–Trinajstić information content (AvgIpc) is 2.27. The highest BCUT2D eigenvalue weighted by Gasteiger charge is 2.06. The summed E-state index contributed by atoms with van der Waals surface area (Å²) in [5.74, 6) is -0.875. The molecule has 1 aromatic carbocycles. The maximum atomic E-state index is 10.6. The Kier molecular flexibility index (Phi) is 2.95. The maximum Gasteiger partial charge on any atom is 0.322 e. The van der Waals surface area contributed by atoms with Gasteiger partial charge in [0.2, 0.25) is 0 Å². The fraction of sp³-hybridized carbons (Fsp3) is 0.231. The van der Waals surface area contributed by atoms with Crippen LogP contribution in [0.2, 0.25) is 0 Å². The van der Waals surface area contributed by atoms with E-state index >= 15 is 0 Å². The Labute approximate surface area is 99.3 Å². The summed E-state index contributed by atoms with van der Waals surface area (Å²) in [6, 6.07) is 7.75. The van der Waals surface area contributed by atoms with Crippen molar-refractivity contribution in [1.82, 2.24) is 4.98 Å². The highest BCUT2D eigenvalue weighted by atomic mass is 16.4. The van der Waals surface area contributed by atoms with Gasteiger partial charge in [-0.05, 0) is 25.5 Å². The van der Waals surface area contributed by atoms with Crippen LogP contribution < -0.4 is 5.32 Å². The minimum absolute atomic E-state index is 0.0908. The van der Waals surface area contributed by atoms with Crippen molar-refractivity contribution in [2.75, 3.05) is 11.9 Å². The first-order valence-corrected chi connectivity index (χ1v) is 5.40. The first-order valence-electron chi connectivity index (χ1n) is 5.40. The molecule has 4 nitrogen and oxygen atoms in total. The van der Waals surface area contributed by atoms with Gasteiger partial charge >= 0.3 is 5.97 Å². The maximum absolute atomic E-state index is 10.6. The number of hydrogen-bond donors (Lipinski definition) is 2. The number of aliphatic carboxylic acids is 1. The topological polar surface area (TPSA) is 62.2 Å². The molecule has 0 bridgehead atoms. The molecule has 2 N–H and O–H groups in total. The second kappa shape index (κ2) is 4.41. The van der Waals surface area contributed by atoms with Crippen LogP contribution in [-0.4, -0.2) is 22.6 Å². The summed E-state index contributed by atoms with van der Waals surface area (Å²) < 4.78 is 0. The Morgan fingerprint density at radius 1 is 1.41 bits per heavy atom. The highest BCUT2D eigenvalue weighted by molar-refractivity contribution is 5.94. The molecular formula is C13H14N2O2. The zero-order valence-corrected chi connectivity index (χ0v) is 9.82. The smallest absolute Gasteiger partial charge is 0.322 e. The number of fused-ring (bicyclic) bond motifs is 1. The van der Waals surface area contributed by atoms with E-state index in [1.54, 1.807) is 0 Å². The van der Waals surface area contributed by atoms with Crippen molar-refractivity contribution in [2.24, 2.45) is 0 Å². The van der Waals surface area contributed by atoms with Gasteiger partial charge in [-0.2, -0.15) is 0 Å². The lowest BCUT2D eigenvalue weighted by Crippen LogP contribution is -2.12. The van der Waals surface area contributed by atoms with Gasteiger partial charge in [-0.1, -0.05) is 18.2 Å².